The van der Waals surface area contributed by atoms with E-state index in [-0.39, 0.29) is 22.3 Å². The molecule has 2 aromatic heterocycles. The second-order valence-corrected chi connectivity index (χ2v) is 3.20. The molecule has 7 heteroatoms. The summed E-state index contributed by atoms with van der Waals surface area (Å²) in [7, 11) is 0. The highest BCUT2D eigenvalue weighted by Gasteiger charge is 2.03. The Morgan fingerprint density at radius 1 is 0.867 bits per heavy atom. The van der Waals surface area contributed by atoms with Crippen LogP contribution in [0.2, 0.25) is 10.3 Å². The summed E-state index contributed by atoms with van der Waals surface area (Å²) in [5.74, 6) is 0. The van der Waals surface area contributed by atoms with Gasteiger partial charge in [0.05, 0.1) is 0 Å². The third kappa shape index (κ3) is 2.74. The van der Waals surface area contributed by atoms with Gasteiger partial charge in [-0.05, 0) is 12.1 Å². The van der Waals surface area contributed by atoms with Gasteiger partial charge in [-0.1, -0.05) is 23.2 Å². The van der Waals surface area contributed by atoms with Crippen LogP contribution in [0.3, 0.4) is 0 Å². The monoisotopic (exact) mass is 242 g/mol. The van der Waals surface area contributed by atoms with E-state index in [1.54, 1.807) is 0 Å². The lowest BCUT2D eigenvalue weighted by Crippen LogP contribution is -1.95. The molecule has 2 heterocycles. The molecule has 5 nitrogen and oxygen atoms in total. The van der Waals surface area contributed by atoms with Crippen molar-refractivity contribution in [3.8, 4) is 12.0 Å². The van der Waals surface area contributed by atoms with Crippen molar-refractivity contribution in [3.63, 3.8) is 0 Å². The number of halogens is 2. The van der Waals surface area contributed by atoms with Gasteiger partial charge in [-0.25, -0.2) is 9.97 Å². The van der Waals surface area contributed by atoms with Crippen LogP contribution in [0.15, 0.2) is 24.5 Å². The van der Waals surface area contributed by atoms with E-state index in [0.29, 0.717) is 0 Å². The Morgan fingerprint density at radius 2 is 1.33 bits per heavy atom. The smallest absolute Gasteiger partial charge is 0.325 e. The Bertz CT molecular complexity index is 436. The fourth-order valence-corrected chi connectivity index (χ4v) is 1.08. The molecule has 0 aromatic carbocycles. The highest BCUT2D eigenvalue weighted by Crippen LogP contribution is 2.15. The van der Waals surface area contributed by atoms with Crippen LogP contribution in [-0.4, -0.2) is 19.9 Å². The number of rotatable bonds is 2. The first kappa shape index (κ1) is 10.1. The summed E-state index contributed by atoms with van der Waals surface area (Å²) in [5.41, 5.74) is 0. The molecular formula is C8H4Cl2N4O. The van der Waals surface area contributed by atoms with Crippen molar-refractivity contribution in [3.05, 3.63) is 34.8 Å². The molecule has 0 N–H and O–H groups in total. The third-order valence-electron chi connectivity index (χ3n) is 1.38. The molecule has 76 valence electrons. The van der Waals surface area contributed by atoms with Gasteiger partial charge in [0.1, 0.15) is 10.3 Å². The maximum absolute atomic E-state index is 5.64. The van der Waals surface area contributed by atoms with E-state index >= 15 is 0 Å². The molecule has 0 atom stereocenters. The van der Waals surface area contributed by atoms with E-state index in [9.17, 15) is 0 Å². The molecule has 0 bridgehead atoms. The molecule has 0 fully saturated rings. The fraction of sp³-hybridized carbons (Fsp3) is 0. The quantitative estimate of drug-likeness (QED) is 0.757. The van der Waals surface area contributed by atoms with Gasteiger partial charge in [0.15, 0.2) is 0 Å². The van der Waals surface area contributed by atoms with Crippen LogP contribution in [0.4, 0.5) is 0 Å². The molecule has 2 aromatic rings. The Hall–Kier alpha value is -1.46. The molecule has 0 amide bonds. The average Bonchev–Trinajstić information content (AvgIpc) is 2.17. The lowest BCUT2D eigenvalue weighted by atomic mass is 10.7. The van der Waals surface area contributed by atoms with E-state index < -0.39 is 0 Å². The summed E-state index contributed by atoms with van der Waals surface area (Å²) in [6, 6.07) is 3.22. The van der Waals surface area contributed by atoms with Gasteiger partial charge in [0, 0.05) is 12.4 Å². The summed E-state index contributed by atoms with van der Waals surface area (Å²) in [5, 5.41) is 0.559. The van der Waals surface area contributed by atoms with Crippen molar-refractivity contribution in [2.24, 2.45) is 0 Å². The highest BCUT2D eigenvalue weighted by atomic mass is 35.5. The number of hydrogen-bond acceptors (Lipinski definition) is 5. The molecular weight excluding hydrogens is 239 g/mol. The molecule has 0 spiro atoms. The molecule has 0 aliphatic heterocycles. The maximum Gasteiger partial charge on any atom is 0.325 e. The van der Waals surface area contributed by atoms with Crippen LogP contribution in [0.5, 0.6) is 12.0 Å². The molecule has 0 radical (unpaired) electrons. The Kier molecular flexibility index (Phi) is 2.94. The first-order chi connectivity index (χ1) is 7.24. The minimum atomic E-state index is 0.0739. The number of ether oxygens (including phenoxy) is 1. The van der Waals surface area contributed by atoms with Crippen LogP contribution in [0.1, 0.15) is 0 Å². The SMILES string of the molecule is Clc1ccnc(Oc2nccc(Cl)n2)n1. The number of hydrogen-bond donors (Lipinski definition) is 0. The predicted octanol–water partition coefficient (Wildman–Crippen LogP) is 2.37. The summed E-state index contributed by atoms with van der Waals surface area (Å²) in [6.07, 6.45) is 2.93. The van der Waals surface area contributed by atoms with Crippen LogP contribution in [-0.2, 0) is 0 Å². The first-order valence-corrected chi connectivity index (χ1v) is 4.64. The molecule has 0 saturated carbocycles. The summed E-state index contributed by atoms with van der Waals surface area (Å²) < 4.78 is 5.13. The maximum atomic E-state index is 5.64. The van der Waals surface area contributed by atoms with Gasteiger partial charge in [-0.3, -0.25) is 0 Å². The van der Waals surface area contributed by atoms with E-state index in [0.717, 1.165) is 0 Å². The molecule has 0 aliphatic rings. The van der Waals surface area contributed by atoms with Crippen molar-refractivity contribution in [2.45, 2.75) is 0 Å². The van der Waals surface area contributed by atoms with Crippen molar-refractivity contribution >= 4 is 23.2 Å². The fourth-order valence-electron chi connectivity index (χ4n) is 0.820. The normalized spacial score (nSPS) is 10.0. The van der Waals surface area contributed by atoms with Crippen molar-refractivity contribution in [1.82, 2.24) is 19.9 Å². The van der Waals surface area contributed by atoms with E-state index in [1.807, 2.05) is 0 Å². The first-order valence-electron chi connectivity index (χ1n) is 3.89. The predicted molar refractivity (Wildman–Crippen MR) is 54.2 cm³/mol. The number of aromatic nitrogens is 4. The van der Waals surface area contributed by atoms with Gasteiger partial charge < -0.3 is 4.74 Å². The molecule has 0 saturated heterocycles. The summed E-state index contributed by atoms with van der Waals surface area (Å²) in [6.45, 7) is 0. The highest BCUT2D eigenvalue weighted by molar-refractivity contribution is 6.29. The molecule has 0 aliphatic carbocycles. The van der Waals surface area contributed by atoms with E-state index in [2.05, 4.69) is 19.9 Å². The van der Waals surface area contributed by atoms with E-state index in [1.165, 1.54) is 24.5 Å². The third-order valence-corrected chi connectivity index (χ3v) is 1.80. The second-order valence-electron chi connectivity index (χ2n) is 2.43. The van der Waals surface area contributed by atoms with Gasteiger partial charge >= 0.3 is 12.0 Å². The van der Waals surface area contributed by atoms with Crippen molar-refractivity contribution in [1.29, 1.82) is 0 Å². The molecule has 0 unspecified atom stereocenters. The largest absolute Gasteiger partial charge is 0.388 e. The zero-order valence-electron chi connectivity index (χ0n) is 7.26. The van der Waals surface area contributed by atoms with Gasteiger partial charge in [0.2, 0.25) is 0 Å². The van der Waals surface area contributed by atoms with Gasteiger partial charge in [-0.2, -0.15) is 9.97 Å². The number of nitrogens with zero attached hydrogens (tertiary/aromatic N) is 4. The standard InChI is InChI=1S/C8H4Cl2N4O/c9-5-1-3-11-7(13-5)15-8-12-4-2-6(10)14-8/h1-4H. The van der Waals surface area contributed by atoms with Crippen LogP contribution < -0.4 is 4.74 Å². The zero-order valence-corrected chi connectivity index (χ0v) is 8.77. The van der Waals surface area contributed by atoms with Crippen molar-refractivity contribution < 1.29 is 4.74 Å². The Balaban J connectivity index is 2.22. The second kappa shape index (κ2) is 4.37. The van der Waals surface area contributed by atoms with Crippen LogP contribution in [0, 0.1) is 0 Å². The average molecular weight is 243 g/mol. The molecule has 15 heavy (non-hydrogen) atoms. The summed E-state index contributed by atoms with van der Waals surface area (Å²) in [4.78, 5) is 15.3. The van der Waals surface area contributed by atoms with E-state index in [4.69, 9.17) is 27.9 Å². The van der Waals surface area contributed by atoms with Gasteiger partial charge in [-0.15, -0.1) is 0 Å². The molecule has 2 rings (SSSR count). The van der Waals surface area contributed by atoms with Gasteiger partial charge in [0.25, 0.3) is 0 Å². The van der Waals surface area contributed by atoms with Crippen LogP contribution >= 0.6 is 23.2 Å². The van der Waals surface area contributed by atoms with Crippen LogP contribution in [0.25, 0.3) is 0 Å². The Labute approximate surface area is 95.1 Å². The lowest BCUT2D eigenvalue weighted by molar-refractivity contribution is 0.407. The topological polar surface area (TPSA) is 60.8 Å². The Morgan fingerprint density at radius 3 is 1.73 bits per heavy atom. The zero-order chi connectivity index (χ0) is 10.7. The summed E-state index contributed by atoms with van der Waals surface area (Å²) >= 11 is 11.3. The minimum Gasteiger partial charge on any atom is -0.388 e. The lowest BCUT2D eigenvalue weighted by Gasteiger charge is -2.00. The van der Waals surface area contributed by atoms with Crippen molar-refractivity contribution in [2.75, 3.05) is 0 Å². The minimum absolute atomic E-state index is 0.0739.